The predicted molar refractivity (Wildman–Crippen MR) is 125 cm³/mol. The Morgan fingerprint density at radius 1 is 0.971 bits per heavy atom. The van der Waals surface area contributed by atoms with Gasteiger partial charge in [0.1, 0.15) is 5.82 Å². The van der Waals surface area contributed by atoms with E-state index in [1.54, 1.807) is 6.07 Å². The standard InChI is InChI=1S/C25H28F3N5O/c1-2-16-5-8-21(20(27)15-16)29-23-18(6-7-19(26)22(23)28)24-30-31-25(34-24)33-13-9-17(10-14-33)32-11-3-4-12-32/h5-8,15,17,29H,2-4,9-14H2,1H3. The highest BCUT2D eigenvalue weighted by Crippen LogP contribution is 2.35. The first-order chi connectivity index (χ1) is 16.5. The van der Waals surface area contributed by atoms with Crippen LogP contribution in [0.2, 0.25) is 0 Å². The van der Waals surface area contributed by atoms with Gasteiger partial charge < -0.3 is 19.5 Å². The molecule has 9 heteroatoms. The molecule has 0 unspecified atom stereocenters. The maximum absolute atomic E-state index is 14.8. The molecule has 0 radical (unpaired) electrons. The van der Waals surface area contributed by atoms with E-state index in [2.05, 4.69) is 20.4 Å². The van der Waals surface area contributed by atoms with Gasteiger partial charge in [-0.25, -0.2) is 13.2 Å². The van der Waals surface area contributed by atoms with Gasteiger partial charge in [0.15, 0.2) is 11.6 Å². The number of piperidine rings is 1. The summed E-state index contributed by atoms with van der Waals surface area (Å²) in [5.41, 5.74) is 0.763. The van der Waals surface area contributed by atoms with Crippen LogP contribution in [0.25, 0.3) is 11.5 Å². The number of hydrogen-bond donors (Lipinski definition) is 1. The van der Waals surface area contributed by atoms with Crippen molar-refractivity contribution in [2.24, 2.45) is 0 Å². The molecular weight excluding hydrogens is 443 g/mol. The van der Waals surface area contributed by atoms with E-state index in [1.807, 2.05) is 11.8 Å². The van der Waals surface area contributed by atoms with Crippen molar-refractivity contribution in [1.29, 1.82) is 0 Å². The van der Waals surface area contributed by atoms with Crippen LogP contribution in [0.5, 0.6) is 0 Å². The molecule has 6 nitrogen and oxygen atoms in total. The summed E-state index contributed by atoms with van der Waals surface area (Å²) in [5, 5.41) is 10.9. The van der Waals surface area contributed by atoms with Gasteiger partial charge in [0.25, 0.3) is 5.89 Å². The summed E-state index contributed by atoms with van der Waals surface area (Å²) in [6.45, 7) is 5.84. The number of nitrogens with one attached hydrogen (secondary N) is 1. The second-order valence-corrected chi connectivity index (χ2v) is 8.93. The van der Waals surface area contributed by atoms with Gasteiger partial charge in [-0.1, -0.05) is 18.1 Å². The van der Waals surface area contributed by atoms with E-state index in [-0.39, 0.29) is 22.8 Å². The Morgan fingerprint density at radius 2 is 1.74 bits per heavy atom. The summed E-state index contributed by atoms with van der Waals surface area (Å²) in [6, 6.07) is 7.90. The van der Waals surface area contributed by atoms with Crippen molar-refractivity contribution in [1.82, 2.24) is 15.1 Å². The maximum atomic E-state index is 14.8. The van der Waals surface area contributed by atoms with Crippen molar-refractivity contribution in [2.45, 2.75) is 45.1 Å². The van der Waals surface area contributed by atoms with Crippen molar-refractivity contribution in [3.63, 3.8) is 0 Å². The third kappa shape index (κ3) is 4.49. The van der Waals surface area contributed by atoms with Crippen molar-refractivity contribution in [2.75, 3.05) is 36.4 Å². The fourth-order valence-corrected chi connectivity index (χ4v) is 4.85. The number of aromatic nitrogens is 2. The van der Waals surface area contributed by atoms with Gasteiger partial charge in [0.2, 0.25) is 0 Å². The fourth-order valence-electron chi connectivity index (χ4n) is 4.85. The second kappa shape index (κ2) is 9.66. The molecule has 2 saturated heterocycles. The molecule has 2 fully saturated rings. The van der Waals surface area contributed by atoms with Gasteiger partial charge in [-0.15, -0.1) is 5.10 Å². The number of anilines is 3. The lowest BCUT2D eigenvalue weighted by Crippen LogP contribution is -2.44. The fraction of sp³-hybridized carbons (Fsp3) is 0.440. The Bertz CT molecular complexity index is 1150. The summed E-state index contributed by atoms with van der Waals surface area (Å²) in [6.07, 6.45) is 5.23. The summed E-state index contributed by atoms with van der Waals surface area (Å²) in [4.78, 5) is 4.58. The normalized spacial score (nSPS) is 17.5. The molecule has 0 aliphatic carbocycles. The minimum absolute atomic E-state index is 0.0340. The molecule has 34 heavy (non-hydrogen) atoms. The summed E-state index contributed by atoms with van der Waals surface area (Å²) >= 11 is 0. The minimum Gasteiger partial charge on any atom is -0.403 e. The van der Waals surface area contributed by atoms with Crippen LogP contribution < -0.4 is 10.2 Å². The van der Waals surface area contributed by atoms with Crippen molar-refractivity contribution in [3.8, 4) is 11.5 Å². The zero-order valence-corrected chi connectivity index (χ0v) is 19.2. The van der Waals surface area contributed by atoms with Crippen molar-refractivity contribution in [3.05, 3.63) is 53.3 Å². The lowest BCUT2D eigenvalue weighted by atomic mass is 10.0. The number of benzene rings is 2. The molecule has 1 aromatic heterocycles. The van der Waals surface area contributed by atoms with Crippen LogP contribution in [0.1, 0.15) is 38.2 Å². The van der Waals surface area contributed by atoms with Crippen LogP contribution in [-0.4, -0.2) is 47.3 Å². The van der Waals surface area contributed by atoms with Crippen molar-refractivity contribution >= 4 is 17.4 Å². The monoisotopic (exact) mass is 471 g/mol. The first kappa shape index (κ1) is 22.7. The van der Waals surface area contributed by atoms with Gasteiger partial charge in [-0.05, 0) is 75.0 Å². The SMILES string of the molecule is CCc1ccc(Nc2c(-c3nnc(N4CCC(N5CCCC5)CC4)o3)ccc(F)c2F)c(F)c1. The molecule has 1 N–H and O–H groups in total. The van der Waals surface area contributed by atoms with E-state index < -0.39 is 17.5 Å². The Labute approximate surface area is 196 Å². The highest BCUT2D eigenvalue weighted by Gasteiger charge is 2.29. The molecule has 180 valence electrons. The molecule has 3 aromatic rings. The van der Waals surface area contributed by atoms with Gasteiger partial charge in [0.05, 0.1) is 16.9 Å². The topological polar surface area (TPSA) is 57.4 Å². The van der Waals surface area contributed by atoms with E-state index in [9.17, 15) is 13.2 Å². The van der Waals surface area contributed by atoms with Crippen molar-refractivity contribution < 1.29 is 17.6 Å². The third-order valence-corrected chi connectivity index (χ3v) is 6.83. The minimum atomic E-state index is -1.14. The first-order valence-electron chi connectivity index (χ1n) is 11.9. The number of likely N-dealkylation sites (tertiary alicyclic amines) is 1. The number of aryl methyl sites for hydroxylation is 1. The van der Waals surface area contributed by atoms with Crippen LogP contribution >= 0.6 is 0 Å². The summed E-state index contributed by atoms with van der Waals surface area (Å²) in [5.74, 6) is -2.70. The van der Waals surface area contributed by atoms with Crippen LogP contribution in [0, 0.1) is 17.5 Å². The zero-order chi connectivity index (χ0) is 23.7. The molecule has 0 saturated carbocycles. The van der Waals surface area contributed by atoms with Gasteiger partial charge in [0, 0.05) is 19.1 Å². The number of nitrogens with zero attached hydrogens (tertiary/aromatic N) is 4. The predicted octanol–water partition coefficient (Wildman–Crippen LogP) is 5.52. The molecule has 3 heterocycles. The van der Waals surface area contributed by atoms with Crippen LogP contribution in [-0.2, 0) is 6.42 Å². The molecule has 0 spiro atoms. The van der Waals surface area contributed by atoms with Gasteiger partial charge in [-0.2, -0.15) is 0 Å². The molecule has 0 amide bonds. The second-order valence-electron chi connectivity index (χ2n) is 8.93. The summed E-state index contributed by atoms with van der Waals surface area (Å²) in [7, 11) is 0. The molecule has 0 atom stereocenters. The Kier molecular flexibility index (Phi) is 6.45. The molecule has 0 bridgehead atoms. The third-order valence-electron chi connectivity index (χ3n) is 6.83. The molecule has 5 rings (SSSR count). The van der Waals surface area contributed by atoms with Crippen LogP contribution in [0.4, 0.5) is 30.6 Å². The van der Waals surface area contributed by atoms with Gasteiger partial charge in [-0.3, -0.25) is 0 Å². The molecule has 2 aromatic carbocycles. The average molecular weight is 472 g/mol. The highest BCUT2D eigenvalue weighted by atomic mass is 19.2. The Morgan fingerprint density at radius 3 is 2.44 bits per heavy atom. The van der Waals surface area contributed by atoms with Crippen LogP contribution in [0.15, 0.2) is 34.7 Å². The largest absolute Gasteiger partial charge is 0.403 e. The smallest absolute Gasteiger partial charge is 0.318 e. The molecular formula is C25H28F3N5O. The molecule has 2 aliphatic rings. The van der Waals surface area contributed by atoms with E-state index in [1.165, 1.54) is 44.1 Å². The first-order valence-corrected chi connectivity index (χ1v) is 11.9. The highest BCUT2D eigenvalue weighted by molar-refractivity contribution is 5.78. The van der Waals surface area contributed by atoms with E-state index in [0.717, 1.165) is 37.6 Å². The maximum Gasteiger partial charge on any atom is 0.318 e. The summed E-state index contributed by atoms with van der Waals surface area (Å²) < 4.78 is 49.3. The van der Waals surface area contributed by atoms with Crippen LogP contribution in [0.3, 0.4) is 0 Å². The lowest BCUT2D eigenvalue weighted by molar-refractivity contribution is 0.206. The van der Waals surface area contributed by atoms with E-state index >= 15 is 0 Å². The zero-order valence-electron chi connectivity index (χ0n) is 19.2. The van der Waals surface area contributed by atoms with E-state index in [4.69, 9.17) is 4.42 Å². The van der Waals surface area contributed by atoms with Gasteiger partial charge >= 0.3 is 6.01 Å². The quantitative estimate of drug-likeness (QED) is 0.511. The Balaban J connectivity index is 1.37. The Hall–Kier alpha value is -3.07. The van der Waals surface area contributed by atoms with E-state index in [0.29, 0.717) is 18.5 Å². The lowest BCUT2D eigenvalue weighted by Gasteiger charge is -2.35. The number of rotatable bonds is 6. The number of hydrogen-bond acceptors (Lipinski definition) is 6. The number of halogens is 3. The average Bonchev–Trinajstić information content (AvgIpc) is 3.56. The molecule has 2 aliphatic heterocycles.